The third kappa shape index (κ3) is 3.40. The van der Waals surface area contributed by atoms with Crippen molar-refractivity contribution in [1.29, 1.82) is 0 Å². The maximum Gasteiger partial charge on any atom is 0.246 e. The number of nitrogens with one attached hydrogen (secondary N) is 1. The monoisotopic (exact) mass is 329 g/mol. The van der Waals surface area contributed by atoms with Gasteiger partial charge < -0.3 is 19.9 Å². The van der Waals surface area contributed by atoms with Crippen LogP contribution in [-0.4, -0.2) is 71.9 Å². The van der Waals surface area contributed by atoms with Gasteiger partial charge >= 0.3 is 0 Å². The number of ether oxygens (including phenoxy) is 1. The van der Waals surface area contributed by atoms with E-state index in [-0.39, 0.29) is 36.8 Å². The van der Waals surface area contributed by atoms with Gasteiger partial charge in [-0.2, -0.15) is 5.10 Å². The zero-order valence-electron chi connectivity index (χ0n) is 12.4. The van der Waals surface area contributed by atoms with Crippen LogP contribution in [0.2, 0.25) is 0 Å². The predicted molar refractivity (Wildman–Crippen MR) is 82.0 cm³/mol. The lowest BCUT2D eigenvalue weighted by Gasteiger charge is -2.36. The molecule has 0 spiro atoms. The van der Waals surface area contributed by atoms with Gasteiger partial charge in [0.15, 0.2) is 0 Å². The van der Waals surface area contributed by atoms with Gasteiger partial charge in [-0.3, -0.25) is 14.3 Å². The van der Waals surface area contributed by atoms with Crippen molar-refractivity contribution in [3.8, 4) is 0 Å². The molecule has 0 aromatic carbocycles. The van der Waals surface area contributed by atoms with Crippen molar-refractivity contribution in [1.82, 2.24) is 20.0 Å². The first-order chi connectivity index (χ1) is 10.1. The number of aryl methyl sites for hydroxylation is 1. The highest BCUT2D eigenvalue weighted by atomic mass is 35.5. The summed E-state index contributed by atoms with van der Waals surface area (Å²) >= 11 is 0. The number of amides is 2. The molecular weight excluding hydrogens is 310 g/mol. The number of carbonyl (C=O) groups is 2. The molecular formula is C13H20ClN5O3. The van der Waals surface area contributed by atoms with E-state index in [1.54, 1.807) is 26.9 Å². The molecule has 1 aromatic rings. The Labute approximate surface area is 134 Å². The van der Waals surface area contributed by atoms with Gasteiger partial charge in [0.1, 0.15) is 12.6 Å². The van der Waals surface area contributed by atoms with E-state index >= 15 is 0 Å². The molecule has 1 unspecified atom stereocenters. The summed E-state index contributed by atoms with van der Waals surface area (Å²) in [6, 6.07) is -0.337. The van der Waals surface area contributed by atoms with Gasteiger partial charge in [0.2, 0.25) is 11.8 Å². The van der Waals surface area contributed by atoms with Gasteiger partial charge in [0, 0.05) is 32.9 Å². The fraction of sp³-hybridized carbons (Fsp3) is 0.615. The van der Waals surface area contributed by atoms with Crippen molar-refractivity contribution in [2.75, 3.05) is 44.3 Å². The van der Waals surface area contributed by atoms with E-state index in [1.807, 2.05) is 7.05 Å². The van der Waals surface area contributed by atoms with Gasteiger partial charge in [0.05, 0.1) is 25.1 Å². The number of halogens is 1. The minimum atomic E-state index is -0.337. The molecule has 3 heterocycles. The number of morpholine rings is 1. The highest BCUT2D eigenvalue weighted by molar-refractivity contribution is 5.98. The quantitative estimate of drug-likeness (QED) is 0.753. The lowest BCUT2D eigenvalue weighted by Crippen LogP contribution is -2.58. The Kier molecular flexibility index (Phi) is 5.38. The third-order valence-electron chi connectivity index (χ3n) is 3.76. The lowest BCUT2D eigenvalue weighted by atomic mass is 10.2. The van der Waals surface area contributed by atoms with Crippen LogP contribution in [-0.2, 0) is 21.4 Å². The summed E-state index contributed by atoms with van der Waals surface area (Å²) in [6.45, 7) is 2.78. The van der Waals surface area contributed by atoms with Crippen LogP contribution < -0.4 is 10.2 Å². The summed E-state index contributed by atoms with van der Waals surface area (Å²) in [5.41, 5.74) is 0.772. The molecule has 2 aliphatic rings. The first-order valence-corrected chi connectivity index (χ1v) is 7.04. The molecule has 0 bridgehead atoms. The third-order valence-corrected chi connectivity index (χ3v) is 3.76. The molecule has 1 aromatic heterocycles. The molecule has 22 heavy (non-hydrogen) atoms. The number of carbonyl (C=O) groups excluding carboxylic acids is 2. The molecule has 2 saturated heterocycles. The number of hydrogen-bond donors (Lipinski definition) is 1. The number of hydrogen-bond acceptors (Lipinski definition) is 5. The summed E-state index contributed by atoms with van der Waals surface area (Å²) in [7, 11) is 1.81. The number of piperazine rings is 1. The van der Waals surface area contributed by atoms with Crippen LogP contribution in [0.3, 0.4) is 0 Å². The zero-order valence-corrected chi connectivity index (χ0v) is 13.2. The van der Waals surface area contributed by atoms with Crippen molar-refractivity contribution in [2.45, 2.75) is 6.04 Å². The van der Waals surface area contributed by atoms with E-state index in [0.29, 0.717) is 32.8 Å². The van der Waals surface area contributed by atoms with Gasteiger partial charge in [-0.25, -0.2) is 0 Å². The molecule has 1 N–H and O–H groups in total. The molecule has 2 fully saturated rings. The summed E-state index contributed by atoms with van der Waals surface area (Å²) < 4.78 is 6.95. The second-order valence-electron chi connectivity index (χ2n) is 5.26. The molecule has 0 aliphatic carbocycles. The van der Waals surface area contributed by atoms with Gasteiger partial charge in [-0.15, -0.1) is 12.4 Å². The highest BCUT2D eigenvalue weighted by Crippen LogP contribution is 2.16. The van der Waals surface area contributed by atoms with E-state index in [9.17, 15) is 9.59 Å². The second kappa shape index (κ2) is 7.08. The van der Waals surface area contributed by atoms with Gasteiger partial charge in [-0.1, -0.05) is 0 Å². The zero-order chi connectivity index (χ0) is 14.8. The average Bonchev–Trinajstić information content (AvgIpc) is 2.93. The maximum atomic E-state index is 12.3. The largest absolute Gasteiger partial charge is 0.378 e. The molecule has 122 valence electrons. The van der Waals surface area contributed by atoms with Crippen LogP contribution in [0.5, 0.6) is 0 Å². The molecule has 8 nitrogen and oxygen atoms in total. The number of anilines is 1. The highest BCUT2D eigenvalue weighted by Gasteiger charge is 2.32. The Morgan fingerprint density at radius 3 is 2.86 bits per heavy atom. The van der Waals surface area contributed by atoms with Crippen LogP contribution in [0.25, 0.3) is 0 Å². The number of rotatable bonds is 2. The Balaban J connectivity index is 0.00000176. The lowest BCUT2D eigenvalue weighted by molar-refractivity contribution is -0.140. The Hall–Kier alpha value is -1.64. The summed E-state index contributed by atoms with van der Waals surface area (Å²) in [5, 5.41) is 7.19. The summed E-state index contributed by atoms with van der Waals surface area (Å²) in [5.74, 6) is -0.145. The van der Waals surface area contributed by atoms with E-state index in [0.717, 1.165) is 5.69 Å². The smallest absolute Gasteiger partial charge is 0.246 e. The normalized spacial score (nSPS) is 22.4. The molecule has 1 atom stereocenters. The fourth-order valence-corrected chi connectivity index (χ4v) is 2.63. The SMILES string of the molecule is Cl.Cn1cc(N2CCN(C(=O)C3COCCN3)CC2=O)cn1. The summed E-state index contributed by atoms with van der Waals surface area (Å²) in [6.07, 6.45) is 3.46. The van der Waals surface area contributed by atoms with Crippen molar-refractivity contribution in [3.63, 3.8) is 0 Å². The summed E-state index contributed by atoms with van der Waals surface area (Å²) in [4.78, 5) is 27.9. The predicted octanol–water partition coefficient (Wildman–Crippen LogP) is -0.994. The van der Waals surface area contributed by atoms with E-state index in [2.05, 4.69) is 10.4 Å². The topological polar surface area (TPSA) is 79.7 Å². The van der Waals surface area contributed by atoms with E-state index in [1.165, 1.54) is 0 Å². The molecule has 2 aliphatic heterocycles. The van der Waals surface area contributed by atoms with Crippen LogP contribution in [0.4, 0.5) is 5.69 Å². The standard InChI is InChI=1S/C13H19N5O3.ClH/c1-16-7-10(6-15-16)18-4-3-17(8-12(18)19)13(20)11-9-21-5-2-14-11;/h6-7,11,14H,2-5,8-9H2,1H3;1H. The van der Waals surface area contributed by atoms with E-state index < -0.39 is 0 Å². The van der Waals surface area contributed by atoms with Crippen LogP contribution in [0, 0.1) is 0 Å². The van der Waals surface area contributed by atoms with E-state index in [4.69, 9.17) is 4.74 Å². The molecule has 2 amide bonds. The Morgan fingerprint density at radius 1 is 1.45 bits per heavy atom. The Bertz CT molecular complexity index is 544. The average molecular weight is 330 g/mol. The van der Waals surface area contributed by atoms with Crippen molar-refractivity contribution >= 4 is 29.9 Å². The minimum Gasteiger partial charge on any atom is -0.378 e. The number of aromatic nitrogens is 2. The minimum absolute atomic E-state index is 0. The van der Waals surface area contributed by atoms with Gasteiger partial charge in [0.25, 0.3) is 0 Å². The van der Waals surface area contributed by atoms with Crippen molar-refractivity contribution < 1.29 is 14.3 Å². The second-order valence-corrected chi connectivity index (χ2v) is 5.26. The van der Waals surface area contributed by atoms with Gasteiger partial charge in [-0.05, 0) is 0 Å². The Morgan fingerprint density at radius 2 is 2.27 bits per heavy atom. The van der Waals surface area contributed by atoms with Crippen molar-refractivity contribution in [3.05, 3.63) is 12.4 Å². The maximum absolute atomic E-state index is 12.3. The molecule has 9 heteroatoms. The molecule has 0 saturated carbocycles. The first kappa shape index (κ1) is 16.7. The van der Waals surface area contributed by atoms with Crippen molar-refractivity contribution in [2.24, 2.45) is 7.05 Å². The van der Waals surface area contributed by atoms with Crippen LogP contribution in [0.15, 0.2) is 12.4 Å². The first-order valence-electron chi connectivity index (χ1n) is 7.04. The number of nitrogens with zero attached hydrogens (tertiary/aromatic N) is 4. The molecule has 3 rings (SSSR count). The van der Waals surface area contributed by atoms with Crippen LogP contribution in [0.1, 0.15) is 0 Å². The fourth-order valence-electron chi connectivity index (χ4n) is 2.63. The molecule has 0 radical (unpaired) electrons. The van der Waals surface area contributed by atoms with Crippen LogP contribution >= 0.6 is 12.4 Å².